The Labute approximate surface area is 363 Å². The number of fused-ring (bicyclic) bond motifs is 3. The van der Waals surface area contributed by atoms with E-state index in [4.69, 9.17) is 57.6 Å². The van der Waals surface area contributed by atoms with Crippen LogP contribution in [0.15, 0.2) is 0 Å². The topological polar surface area (TPSA) is 284 Å². The van der Waals surface area contributed by atoms with Crippen LogP contribution >= 0.6 is 15.6 Å². The second-order valence-electron chi connectivity index (χ2n) is 16.4. The molecule has 0 bridgehead atoms. The molecule has 0 aromatic rings. The van der Waals surface area contributed by atoms with Crippen LogP contribution in [0.5, 0.6) is 0 Å². The Morgan fingerprint density at radius 3 is 2.06 bits per heavy atom. The van der Waals surface area contributed by atoms with Gasteiger partial charge in [-0.2, -0.15) is 0 Å². The zero-order valence-corrected chi connectivity index (χ0v) is 37.7. The fourth-order valence-corrected chi connectivity index (χ4v) is 10.9. The summed E-state index contributed by atoms with van der Waals surface area (Å²) < 4.78 is 88.1. The SMILES string of the molecule is CCCCCCCC(=O)OCOP1(=O)OC[C@H]2O[C@@H](N3CCC(N)NC3=O)C[C@@H]2OP(=O)(OCOC(=O)CCCCCCC)OC[C@H]2OC[C@@H](N3CNC4C(N)NCNC43)[C@@H]2O1. The number of phosphoric ester groups is 2. The van der Waals surface area contributed by atoms with Gasteiger partial charge in [0.25, 0.3) is 0 Å². The van der Waals surface area contributed by atoms with E-state index < -0.39 is 103 Å². The van der Waals surface area contributed by atoms with Crippen molar-refractivity contribution in [1.82, 2.24) is 31.1 Å². The van der Waals surface area contributed by atoms with Crippen LogP contribution in [0.25, 0.3) is 0 Å². The summed E-state index contributed by atoms with van der Waals surface area (Å²) in [6.07, 6.45) is 3.25. The summed E-state index contributed by atoms with van der Waals surface area (Å²) in [6, 6.07) is -1.33. The van der Waals surface area contributed by atoms with Gasteiger partial charge in [-0.3, -0.25) is 53.4 Å². The molecule has 6 fully saturated rings. The summed E-state index contributed by atoms with van der Waals surface area (Å²) in [4.78, 5) is 41.6. The number of hydrogen-bond acceptors (Lipinski definition) is 21. The van der Waals surface area contributed by atoms with Crippen LogP contribution in [0.2, 0.25) is 0 Å². The Balaban J connectivity index is 1.21. The van der Waals surface area contributed by atoms with E-state index in [1.165, 1.54) is 4.90 Å². The third-order valence-electron chi connectivity index (χ3n) is 11.8. The molecule has 6 aliphatic heterocycles. The second kappa shape index (κ2) is 24.0. The van der Waals surface area contributed by atoms with Crippen molar-refractivity contribution < 1.29 is 69.6 Å². The number of esters is 2. The van der Waals surface area contributed by atoms with Crippen LogP contribution in [-0.2, 0) is 64.8 Å². The first-order chi connectivity index (χ1) is 29.9. The third kappa shape index (κ3) is 13.8. The van der Waals surface area contributed by atoms with E-state index >= 15 is 0 Å². The highest BCUT2D eigenvalue weighted by atomic mass is 31.2. The number of amides is 2. The number of unbranched alkanes of at least 4 members (excludes halogenated alkanes) is 8. The predicted molar refractivity (Wildman–Crippen MR) is 219 cm³/mol. The molecular weight excluding hydrogens is 858 g/mol. The monoisotopic (exact) mass is 926 g/mol. The molecule has 0 aromatic carbocycles. The van der Waals surface area contributed by atoms with Crippen molar-refractivity contribution >= 4 is 33.6 Å². The molecule has 356 valence electrons. The molecule has 0 radical (unpaired) electrons. The quantitative estimate of drug-likeness (QED) is 0.0442. The highest BCUT2D eigenvalue weighted by Gasteiger charge is 2.54. The maximum Gasteiger partial charge on any atom is 0.478 e. The molecule has 0 spiro atoms. The Bertz CT molecular complexity index is 1560. The zero-order chi connectivity index (χ0) is 44.1. The van der Waals surface area contributed by atoms with Gasteiger partial charge in [0.2, 0.25) is 13.6 Å². The molecule has 0 saturated carbocycles. The van der Waals surface area contributed by atoms with Gasteiger partial charge < -0.3 is 35.7 Å². The van der Waals surface area contributed by atoms with Crippen LogP contribution in [0.4, 0.5) is 4.79 Å². The van der Waals surface area contributed by atoms with Crippen LogP contribution in [0, 0.1) is 0 Å². The summed E-state index contributed by atoms with van der Waals surface area (Å²) in [6.45, 7) is 2.73. The largest absolute Gasteiger partial charge is 0.478 e. The highest BCUT2D eigenvalue weighted by molar-refractivity contribution is 7.48. The van der Waals surface area contributed by atoms with E-state index in [0.29, 0.717) is 32.6 Å². The highest BCUT2D eigenvalue weighted by Crippen LogP contribution is 2.57. The predicted octanol–water partition coefficient (Wildman–Crippen LogP) is 2.35. The molecule has 8 N–H and O–H groups in total. The summed E-state index contributed by atoms with van der Waals surface area (Å²) in [5, 5.41) is 12.6. The average molecular weight is 927 g/mol. The van der Waals surface area contributed by atoms with Gasteiger partial charge in [-0.05, 0) is 19.3 Å². The van der Waals surface area contributed by atoms with Crippen LogP contribution in [-0.4, -0.2) is 142 Å². The van der Waals surface area contributed by atoms with Crippen molar-refractivity contribution in [2.75, 3.05) is 53.3 Å². The summed E-state index contributed by atoms with van der Waals surface area (Å²) in [7, 11) is -9.31. The lowest BCUT2D eigenvalue weighted by atomic mass is 10.1. The molecule has 62 heavy (non-hydrogen) atoms. The van der Waals surface area contributed by atoms with Crippen molar-refractivity contribution in [2.24, 2.45) is 11.5 Å². The Hall–Kier alpha value is -1.89. The molecular formula is C37H68N8O15P2. The lowest BCUT2D eigenvalue weighted by Crippen LogP contribution is -2.68. The minimum atomic E-state index is -4.68. The normalized spacial score (nSPS) is 36.8. The Morgan fingerprint density at radius 2 is 1.42 bits per heavy atom. The van der Waals surface area contributed by atoms with Gasteiger partial charge >= 0.3 is 33.6 Å². The average Bonchev–Trinajstić information content (AvgIpc) is 3.96. The first kappa shape index (κ1) is 49.5. The molecule has 0 aromatic heterocycles. The van der Waals surface area contributed by atoms with E-state index in [1.54, 1.807) is 0 Å². The van der Waals surface area contributed by atoms with E-state index in [-0.39, 0.29) is 50.8 Å². The molecule has 0 aliphatic carbocycles. The number of carbonyl (C=O) groups excluding carboxylic acids is 3. The first-order valence-electron chi connectivity index (χ1n) is 22.2. The van der Waals surface area contributed by atoms with Crippen LogP contribution in [0.1, 0.15) is 104 Å². The lowest BCUT2D eigenvalue weighted by molar-refractivity contribution is -0.152. The van der Waals surface area contributed by atoms with E-state index in [1.807, 2.05) is 4.90 Å². The number of ether oxygens (including phenoxy) is 4. The molecule has 2 amide bonds. The molecule has 6 heterocycles. The van der Waals surface area contributed by atoms with Crippen molar-refractivity contribution in [3.63, 3.8) is 0 Å². The van der Waals surface area contributed by atoms with Crippen molar-refractivity contribution in [1.29, 1.82) is 0 Å². The van der Waals surface area contributed by atoms with Gasteiger partial charge in [0.15, 0.2) is 0 Å². The van der Waals surface area contributed by atoms with Crippen molar-refractivity contribution in [3.8, 4) is 0 Å². The number of nitrogens with zero attached hydrogens (tertiary/aromatic N) is 2. The number of phosphoric acid groups is 2. The van der Waals surface area contributed by atoms with E-state index in [2.05, 4.69) is 35.1 Å². The van der Waals surface area contributed by atoms with Crippen molar-refractivity contribution in [2.45, 2.75) is 165 Å². The zero-order valence-electron chi connectivity index (χ0n) is 35.9. The van der Waals surface area contributed by atoms with Gasteiger partial charge in [0.1, 0.15) is 30.6 Å². The number of urea groups is 1. The van der Waals surface area contributed by atoms with Crippen LogP contribution in [0.3, 0.4) is 0 Å². The molecule has 6 unspecified atom stereocenters. The molecule has 23 nitrogen and oxygen atoms in total. The smallest absolute Gasteiger partial charge is 0.438 e. The maximum absolute atomic E-state index is 14.8. The number of nitrogens with two attached hydrogens (primary N) is 2. The molecule has 12 atom stereocenters. The van der Waals surface area contributed by atoms with Gasteiger partial charge in [-0.1, -0.05) is 65.2 Å². The van der Waals surface area contributed by atoms with E-state index in [9.17, 15) is 23.5 Å². The summed E-state index contributed by atoms with van der Waals surface area (Å²) >= 11 is 0. The molecule has 25 heteroatoms. The number of carbonyl (C=O) groups is 3. The number of nitrogens with one attached hydrogen (secondary N) is 4. The fourth-order valence-electron chi connectivity index (χ4n) is 8.32. The summed E-state index contributed by atoms with van der Waals surface area (Å²) in [5.41, 5.74) is 12.3. The van der Waals surface area contributed by atoms with Gasteiger partial charge in [0, 0.05) is 32.5 Å². The molecule has 6 saturated heterocycles. The molecule has 6 rings (SSSR count). The van der Waals surface area contributed by atoms with Crippen LogP contribution < -0.4 is 32.7 Å². The standard InChI is InChI=1S/C37H68N8O15P2/c1-3-5-7-9-11-13-31(46)52-23-56-61(49)55-20-28-34(25(18-51-28)45-22-42-33-35(39)40-21-41-36(33)45)60-62(50,57-24-53-32(47)14-12-10-8-6-4-2)54-19-27-26(59-61)17-30(58-27)44-16-15-29(38)43-37(44)48/h25-30,33-36,40-42H,3-24,38-39H2,1-2H3,(H,43,48)/t25-,26+,27-,28-,29?,30-,33?,34+,35?,36?,61?,62?/m1/s1. The maximum atomic E-state index is 14.8. The first-order valence-corrected chi connectivity index (χ1v) is 25.1. The van der Waals surface area contributed by atoms with Gasteiger partial charge in [-0.25, -0.2) is 23.0 Å². The number of rotatable bonds is 20. The second-order valence-corrected chi connectivity index (χ2v) is 19.6. The third-order valence-corrected chi connectivity index (χ3v) is 14.6. The van der Waals surface area contributed by atoms with E-state index in [0.717, 1.165) is 51.4 Å². The fraction of sp³-hybridized carbons (Fsp3) is 0.919. The van der Waals surface area contributed by atoms with Gasteiger partial charge in [0.05, 0.1) is 57.1 Å². The minimum absolute atomic E-state index is 0.0421. The van der Waals surface area contributed by atoms with Gasteiger partial charge in [-0.15, -0.1) is 0 Å². The Morgan fingerprint density at radius 1 is 0.790 bits per heavy atom. The van der Waals surface area contributed by atoms with Crippen molar-refractivity contribution in [3.05, 3.63) is 0 Å². The summed E-state index contributed by atoms with van der Waals surface area (Å²) in [5.74, 6) is -1.08. The number of hydrogen-bond donors (Lipinski definition) is 6. The Kier molecular flexibility index (Phi) is 19.2. The lowest BCUT2D eigenvalue weighted by Gasteiger charge is -2.39. The molecule has 6 aliphatic rings. The minimum Gasteiger partial charge on any atom is -0.438 e.